The van der Waals surface area contributed by atoms with E-state index in [0.717, 1.165) is 0 Å². The van der Waals surface area contributed by atoms with Crippen molar-refractivity contribution in [2.45, 2.75) is 38.9 Å². The first-order valence-electron chi connectivity index (χ1n) is 4.31. The molecule has 0 aromatic rings. The molecule has 0 spiro atoms. The molecule has 0 fully saturated rings. The van der Waals surface area contributed by atoms with Gasteiger partial charge in [0.25, 0.3) is 0 Å². The van der Waals surface area contributed by atoms with Crippen molar-refractivity contribution in [1.82, 2.24) is 4.90 Å². The predicted octanol–water partition coefficient (Wildman–Crippen LogP) is 2.44. The van der Waals surface area contributed by atoms with E-state index < -0.39 is 24.0 Å². The lowest BCUT2D eigenvalue weighted by molar-refractivity contribution is -0.275. The van der Waals surface area contributed by atoms with Crippen LogP contribution in [0.5, 0.6) is 0 Å². The molecule has 90 valence electrons. The Morgan fingerprint density at radius 3 is 1.80 bits per heavy atom. The van der Waals surface area contributed by atoms with Gasteiger partial charge >= 0.3 is 18.0 Å². The van der Waals surface area contributed by atoms with E-state index in [1.54, 1.807) is 0 Å². The number of halogens is 5. The zero-order valence-corrected chi connectivity index (χ0v) is 8.53. The molecule has 0 unspecified atom stereocenters. The summed E-state index contributed by atoms with van der Waals surface area (Å²) in [4.78, 5) is 11.4. The van der Waals surface area contributed by atoms with Crippen LogP contribution in [0.1, 0.15) is 20.8 Å². The summed E-state index contributed by atoms with van der Waals surface area (Å²) in [7, 11) is 0. The van der Waals surface area contributed by atoms with Gasteiger partial charge in [0.15, 0.2) is 0 Å². The molecule has 0 atom stereocenters. The molecule has 0 aliphatic rings. The summed E-state index contributed by atoms with van der Waals surface area (Å²) in [6.07, 6.45) is -5.84. The molecule has 0 aromatic heterocycles. The summed E-state index contributed by atoms with van der Waals surface area (Å²) < 4.78 is 60.8. The molecule has 0 heterocycles. The maximum atomic E-state index is 12.6. The second-order valence-corrected chi connectivity index (χ2v) is 3.26. The third-order valence-corrected chi connectivity index (χ3v) is 1.85. The van der Waals surface area contributed by atoms with Crippen molar-refractivity contribution < 1.29 is 26.7 Å². The Morgan fingerprint density at radius 1 is 1.20 bits per heavy atom. The topological polar surface area (TPSA) is 20.3 Å². The summed E-state index contributed by atoms with van der Waals surface area (Å²) in [6.45, 7) is 3.88. The Labute approximate surface area is 84.0 Å². The van der Waals surface area contributed by atoms with Crippen LogP contribution in [0.15, 0.2) is 0 Å². The van der Waals surface area contributed by atoms with Crippen LogP contribution in [0.25, 0.3) is 0 Å². The number of carbonyl (C=O) groups is 1. The van der Waals surface area contributed by atoms with Crippen molar-refractivity contribution in [1.29, 1.82) is 0 Å². The molecule has 2 nitrogen and oxygen atoms in total. The van der Waals surface area contributed by atoms with Crippen molar-refractivity contribution in [3.63, 3.8) is 0 Å². The first-order valence-corrected chi connectivity index (χ1v) is 4.31. The fourth-order valence-corrected chi connectivity index (χ4v) is 1.04. The number of rotatable bonds is 3. The average Bonchev–Trinajstić information content (AvgIpc) is 2.02. The average molecular weight is 233 g/mol. The van der Waals surface area contributed by atoms with Gasteiger partial charge in [-0.25, -0.2) is 0 Å². The van der Waals surface area contributed by atoms with Gasteiger partial charge in [-0.3, -0.25) is 4.79 Å². The minimum atomic E-state index is -5.84. The minimum Gasteiger partial charge on any atom is -0.335 e. The first-order chi connectivity index (χ1) is 6.55. The Morgan fingerprint density at radius 2 is 1.60 bits per heavy atom. The van der Waals surface area contributed by atoms with Crippen molar-refractivity contribution in [2.24, 2.45) is 0 Å². The standard InChI is InChI=1S/C8H12F5NO/c1-4-14(5(2)3)6(15)7(9,10)8(11,12)13/h5H,4H2,1-3H3. The van der Waals surface area contributed by atoms with Gasteiger partial charge in [-0.05, 0) is 20.8 Å². The summed E-state index contributed by atoms with van der Waals surface area (Å²) in [5, 5.41) is 0. The Bertz CT molecular complexity index is 236. The van der Waals surface area contributed by atoms with E-state index in [9.17, 15) is 26.7 Å². The molecule has 0 radical (unpaired) electrons. The molecule has 15 heavy (non-hydrogen) atoms. The fraction of sp³-hybridized carbons (Fsp3) is 0.875. The number of hydrogen-bond acceptors (Lipinski definition) is 1. The van der Waals surface area contributed by atoms with Crippen molar-refractivity contribution in [3.8, 4) is 0 Å². The molecule has 7 heteroatoms. The van der Waals surface area contributed by atoms with Gasteiger partial charge in [0, 0.05) is 12.6 Å². The van der Waals surface area contributed by atoms with E-state index in [1.165, 1.54) is 20.8 Å². The molecule has 1 amide bonds. The highest BCUT2D eigenvalue weighted by Crippen LogP contribution is 2.37. The molecule has 0 N–H and O–H groups in total. The third-order valence-electron chi connectivity index (χ3n) is 1.85. The Kier molecular flexibility index (Phi) is 4.07. The van der Waals surface area contributed by atoms with E-state index in [1.807, 2.05) is 0 Å². The number of amides is 1. The normalized spacial score (nSPS) is 13.1. The van der Waals surface area contributed by atoms with Gasteiger partial charge < -0.3 is 4.90 Å². The highest BCUT2D eigenvalue weighted by Gasteiger charge is 2.64. The van der Waals surface area contributed by atoms with E-state index in [4.69, 9.17) is 0 Å². The number of hydrogen-bond donors (Lipinski definition) is 0. The van der Waals surface area contributed by atoms with Gasteiger partial charge in [-0.15, -0.1) is 0 Å². The minimum absolute atomic E-state index is 0.192. The van der Waals surface area contributed by atoms with Gasteiger partial charge in [0.2, 0.25) is 0 Å². The van der Waals surface area contributed by atoms with Crippen LogP contribution >= 0.6 is 0 Å². The number of alkyl halides is 5. The van der Waals surface area contributed by atoms with Crippen molar-refractivity contribution >= 4 is 5.91 Å². The summed E-state index contributed by atoms with van der Waals surface area (Å²) in [5.74, 6) is -7.51. The summed E-state index contributed by atoms with van der Waals surface area (Å²) in [5.41, 5.74) is 0. The zero-order chi connectivity index (χ0) is 12.4. The van der Waals surface area contributed by atoms with Crippen LogP contribution in [0, 0.1) is 0 Å². The second kappa shape index (κ2) is 4.32. The van der Waals surface area contributed by atoms with Gasteiger partial charge in [-0.2, -0.15) is 22.0 Å². The lowest BCUT2D eigenvalue weighted by atomic mass is 10.2. The lowest BCUT2D eigenvalue weighted by Gasteiger charge is -2.29. The van der Waals surface area contributed by atoms with Gasteiger partial charge in [0.1, 0.15) is 0 Å². The molecule has 0 rings (SSSR count). The highest BCUT2D eigenvalue weighted by molar-refractivity contribution is 5.84. The number of nitrogens with zero attached hydrogens (tertiary/aromatic N) is 1. The van der Waals surface area contributed by atoms with Crippen LogP contribution in [0.4, 0.5) is 22.0 Å². The van der Waals surface area contributed by atoms with Gasteiger partial charge in [-0.1, -0.05) is 0 Å². The highest BCUT2D eigenvalue weighted by atomic mass is 19.4. The van der Waals surface area contributed by atoms with E-state index in [-0.39, 0.29) is 6.54 Å². The molecule has 0 aromatic carbocycles. The largest absolute Gasteiger partial charge is 0.463 e. The maximum Gasteiger partial charge on any atom is 0.463 e. The van der Waals surface area contributed by atoms with Crippen molar-refractivity contribution in [2.75, 3.05) is 6.54 Å². The molecule has 0 bridgehead atoms. The number of carbonyl (C=O) groups excluding carboxylic acids is 1. The lowest BCUT2D eigenvalue weighted by Crippen LogP contribution is -2.53. The quantitative estimate of drug-likeness (QED) is 0.685. The monoisotopic (exact) mass is 233 g/mol. The predicted molar refractivity (Wildman–Crippen MR) is 43.5 cm³/mol. The molecular weight excluding hydrogens is 221 g/mol. The molecule has 0 aliphatic carbocycles. The summed E-state index contributed by atoms with van der Waals surface area (Å²) >= 11 is 0. The van der Waals surface area contributed by atoms with Crippen LogP contribution in [0.3, 0.4) is 0 Å². The van der Waals surface area contributed by atoms with Crippen LogP contribution in [-0.2, 0) is 4.79 Å². The molecule has 0 saturated carbocycles. The SMILES string of the molecule is CCN(C(=O)C(F)(F)C(F)(F)F)C(C)C. The second-order valence-electron chi connectivity index (χ2n) is 3.26. The van der Waals surface area contributed by atoms with Crippen LogP contribution in [0.2, 0.25) is 0 Å². The Hall–Kier alpha value is -0.880. The molecule has 0 saturated heterocycles. The molecular formula is C8H12F5NO. The maximum absolute atomic E-state index is 12.6. The van der Waals surface area contributed by atoms with E-state index in [0.29, 0.717) is 4.90 Å². The fourth-order valence-electron chi connectivity index (χ4n) is 1.04. The summed E-state index contributed by atoms with van der Waals surface area (Å²) in [6, 6.07) is -0.698. The molecule has 0 aliphatic heterocycles. The smallest absolute Gasteiger partial charge is 0.335 e. The van der Waals surface area contributed by atoms with E-state index in [2.05, 4.69) is 0 Å². The third kappa shape index (κ3) is 2.79. The van der Waals surface area contributed by atoms with Crippen LogP contribution < -0.4 is 0 Å². The van der Waals surface area contributed by atoms with Crippen molar-refractivity contribution in [3.05, 3.63) is 0 Å². The van der Waals surface area contributed by atoms with Crippen LogP contribution in [-0.4, -0.2) is 35.5 Å². The van der Waals surface area contributed by atoms with E-state index >= 15 is 0 Å². The van der Waals surface area contributed by atoms with Gasteiger partial charge in [0.05, 0.1) is 0 Å². The zero-order valence-electron chi connectivity index (χ0n) is 8.53. The first kappa shape index (κ1) is 14.1. The Balaban J connectivity index is 4.99.